The van der Waals surface area contributed by atoms with Crippen molar-refractivity contribution >= 4 is 5.91 Å². The van der Waals surface area contributed by atoms with Gasteiger partial charge in [0.2, 0.25) is 0 Å². The highest BCUT2D eigenvalue weighted by atomic mass is 16.2. The van der Waals surface area contributed by atoms with Gasteiger partial charge in [0.05, 0.1) is 11.7 Å². The van der Waals surface area contributed by atoms with Crippen molar-refractivity contribution in [3.63, 3.8) is 0 Å². The minimum absolute atomic E-state index is 0.201. The zero-order chi connectivity index (χ0) is 16.3. The van der Waals surface area contributed by atoms with Crippen LogP contribution in [-0.4, -0.2) is 46.2 Å². The number of aromatic nitrogens is 3. The number of rotatable bonds is 7. The number of carbonyl (C=O) groups is 1. The molecule has 8 heteroatoms. The van der Waals surface area contributed by atoms with E-state index < -0.39 is 0 Å². The molecule has 1 atom stereocenters. The maximum absolute atomic E-state index is 12.3. The number of terminal acetylenes is 1. The van der Waals surface area contributed by atoms with Crippen LogP contribution in [0.3, 0.4) is 0 Å². The molecule has 1 unspecified atom stereocenters. The van der Waals surface area contributed by atoms with Crippen molar-refractivity contribution in [2.75, 3.05) is 19.6 Å². The fraction of sp³-hybridized carbons (Fsp3) is 0.667. The number of amides is 1. The van der Waals surface area contributed by atoms with Gasteiger partial charge in [0.25, 0.3) is 5.91 Å². The Morgan fingerprint density at radius 2 is 2.35 bits per heavy atom. The number of nitrogens with zero attached hydrogens (tertiary/aromatic N) is 5. The highest BCUT2D eigenvalue weighted by Gasteiger charge is 2.38. The van der Waals surface area contributed by atoms with Crippen LogP contribution in [-0.2, 0) is 0 Å². The Kier molecular flexibility index (Phi) is 4.39. The second-order valence-electron chi connectivity index (χ2n) is 6.01. The van der Waals surface area contributed by atoms with E-state index in [1.165, 1.54) is 0 Å². The molecule has 1 aromatic heterocycles. The summed E-state index contributed by atoms with van der Waals surface area (Å²) in [6.45, 7) is 4.21. The Morgan fingerprint density at radius 3 is 3.00 bits per heavy atom. The molecular weight excluding hydrogens is 294 g/mol. The molecule has 0 saturated carbocycles. The van der Waals surface area contributed by atoms with Crippen molar-refractivity contribution in [2.45, 2.75) is 44.3 Å². The maximum atomic E-state index is 12.3. The third-order valence-corrected chi connectivity index (χ3v) is 4.39. The van der Waals surface area contributed by atoms with Gasteiger partial charge < -0.3 is 10.6 Å². The van der Waals surface area contributed by atoms with Gasteiger partial charge >= 0.3 is 0 Å². The standard InChI is InChI=1S/C15H21N7O/c1-3-4-6-15(19-20-15)7-9-17-14(23)13-11(2)22(21-18-13)12-5-8-16-10-12/h1,12,16H,4-10H2,2H3,(H,17,23). The van der Waals surface area contributed by atoms with Crippen LogP contribution in [0, 0.1) is 19.3 Å². The molecule has 1 amide bonds. The van der Waals surface area contributed by atoms with Crippen LogP contribution in [0.5, 0.6) is 0 Å². The van der Waals surface area contributed by atoms with E-state index >= 15 is 0 Å². The smallest absolute Gasteiger partial charge is 0.273 e. The number of nitrogens with one attached hydrogen (secondary N) is 2. The lowest BCUT2D eigenvalue weighted by Gasteiger charge is -2.11. The molecule has 0 radical (unpaired) electrons. The first kappa shape index (κ1) is 15.6. The predicted octanol–water partition coefficient (Wildman–Crippen LogP) is 0.816. The fourth-order valence-electron chi connectivity index (χ4n) is 2.87. The van der Waals surface area contributed by atoms with Gasteiger partial charge in [-0.15, -0.1) is 17.4 Å². The summed E-state index contributed by atoms with van der Waals surface area (Å²) in [6, 6.07) is 0.278. The molecule has 8 nitrogen and oxygen atoms in total. The van der Waals surface area contributed by atoms with Gasteiger partial charge in [-0.25, -0.2) is 4.68 Å². The van der Waals surface area contributed by atoms with E-state index in [0.29, 0.717) is 25.1 Å². The van der Waals surface area contributed by atoms with Crippen molar-refractivity contribution in [3.8, 4) is 12.3 Å². The molecule has 23 heavy (non-hydrogen) atoms. The van der Waals surface area contributed by atoms with E-state index in [4.69, 9.17) is 6.42 Å². The molecular formula is C15H21N7O. The maximum Gasteiger partial charge on any atom is 0.273 e. The topological polar surface area (TPSA) is 96.6 Å². The molecule has 0 bridgehead atoms. The van der Waals surface area contributed by atoms with E-state index in [1.807, 2.05) is 11.6 Å². The van der Waals surface area contributed by atoms with Crippen molar-refractivity contribution in [1.82, 2.24) is 25.6 Å². The molecule has 122 valence electrons. The third-order valence-electron chi connectivity index (χ3n) is 4.39. The zero-order valence-corrected chi connectivity index (χ0v) is 13.2. The summed E-state index contributed by atoms with van der Waals surface area (Å²) in [4.78, 5) is 12.3. The number of carbonyl (C=O) groups excluding carboxylic acids is 1. The molecule has 1 fully saturated rings. The lowest BCUT2D eigenvalue weighted by molar-refractivity contribution is 0.0946. The summed E-state index contributed by atoms with van der Waals surface area (Å²) in [5, 5.41) is 22.4. The molecule has 0 aliphatic carbocycles. The Bertz CT molecular complexity index is 645. The Balaban J connectivity index is 1.52. The molecule has 3 heterocycles. The van der Waals surface area contributed by atoms with E-state index in [9.17, 15) is 4.79 Å². The first-order chi connectivity index (χ1) is 11.2. The van der Waals surface area contributed by atoms with E-state index in [1.54, 1.807) is 0 Å². The molecule has 2 N–H and O–H groups in total. The van der Waals surface area contributed by atoms with Crippen LogP contribution in [0.15, 0.2) is 10.2 Å². The SMILES string of the molecule is C#CCCC1(CCNC(=O)c2nnn(C3CCNC3)c2C)N=N1. The molecule has 2 aliphatic heterocycles. The summed E-state index contributed by atoms with van der Waals surface area (Å²) in [5.74, 6) is 2.39. The summed E-state index contributed by atoms with van der Waals surface area (Å²) >= 11 is 0. The Labute approximate surface area is 135 Å². The van der Waals surface area contributed by atoms with Gasteiger partial charge in [-0.2, -0.15) is 10.2 Å². The molecule has 3 rings (SSSR count). The number of hydrogen-bond acceptors (Lipinski definition) is 6. The van der Waals surface area contributed by atoms with Crippen molar-refractivity contribution in [2.24, 2.45) is 10.2 Å². The van der Waals surface area contributed by atoms with E-state index in [2.05, 4.69) is 37.1 Å². The lowest BCUT2D eigenvalue weighted by atomic mass is 10.0. The fourth-order valence-corrected chi connectivity index (χ4v) is 2.87. The zero-order valence-electron chi connectivity index (χ0n) is 13.2. The van der Waals surface area contributed by atoms with Gasteiger partial charge in [0, 0.05) is 32.4 Å². The second-order valence-corrected chi connectivity index (χ2v) is 6.01. The molecule has 0 spiro atoms. The average Bonchev–Trinajstić information content (AvgIpc) is 2.95. The third kappa shape index (κ3) is 3.40. The highest BCUT2D eigenvalue weighted by molar-refractivity contribution is 5.93. The molecule has 2 aliphatic rings. The minimum atomic E-state index is -0.373. The summed E-state index contributed by atoms with van der Waals surface area (Å²) in [7, 11) is 0. The molecule has 1 aromatic rings. The van der Waals surface area contributed by atoms with Crippen LogP contribution < -0.4 is 10.6 Å². The minimum Gasteiger partial charge on any atom is -0.350 e. The monoisotopic (exact) mass is 315 g/mol. The van der Waals surface area contributed by atoms with Gasteiger partial charge in [-0.05, 0) is 19.9 Å². The summed E-state index contributed by atoms with van der Waals surface area (Å²) < 4.78 is 1.84. The van der Waals surface area contributed by atoms with Crippen LogP contribution in [0.25, 0.3) is 0 Å². The van der Waals surface area contributed by atoms with Gasteiger partial charge in [0.1, 0.15) is 0 Å². The van der Waals surface area contributed by atoms with Crippen molar-refractivity contribution in [1.29, 1.82) is 0 Å². The first-order valence-corrected chi connectivity index (χ1v) is 7.93. The normalized spacial score (nSPS) is 21.1. The first-order valence-electron chi connectivity index (χ1n) is 7.93. The van der Waals surface area contributed by atoms with Crippen LogP contribution in [0.1, 0.15) is 47.9 Å². The number of hydrogen-bond donors (Lipinski definition) is 2. The van der Waals surface area contributed by atoms with E-state index in [-0.39, 0.29) is 17.6 Å². The van der Waals surface area contributed by atoms with Gasteiger partial charge in [-0.3, -0.25) is 4.79 Å². The van der Waals surface area contributed by atoms with Crippen LogP contribution in [0.4, 0.5) is 0 Å². The largest absolute Gasteiger partial charge is 0.350 e. The van der Waals surface area contributed by atoms with Gasteiger partial charge in [0.15, 0.2) is 11.4 Å². The predicted molar refractivity (Wildman–Crippen MR) is 83.9 cm³/mol. The second kappa shape index (κ2) is 6.46. The average molecular weight is 315 g/mol. The van der Waals surface area contributed by atoms with Crippen LogP contribution >= 0.6 is 0 Å². The van der Waals surface area contributed by atoms with Gasteiger partial charge in [-0.1, -0.05) is 5.21 Å². The quantitative estimate of drug-likeness (QED) is 0.728. The van der Waals surface area contributed by atoms with E-state index in [0.717, 1.165) is 31.6 Å². The lowest BCUT2D eigenvalue weighted by Crippen LogP contribution is -2.29. The highest BCUT2D eigenvalue weighted by Crippen LogP contribution is 2.36. The Hall–Kier alpha value is -2.27. The van der Waals surface area contributed by atoms with Crippen molar-refractivity contribution in [3.05, 3.63) is 11.4 Å². The van der Waals surface area contributed by atoms with Crippen molar-refractivity contribution < 1.29 is 4.79 Å². The Morgan fingerprint density at radius 1 is 1.52 bits per heavy atom. The van der Waals surface area contributed by atoms with Crippen LogP contribution in [0.2, 0.25) is 0 Å². The summed E-state index contributed by atoms with van der Waals surface area (Å²) in [6.07, 6.45) is 8.32. The summed E-state index contributed by atoms with van der Waals surface area (Å²) in [5.41, 5.74) is 0.820. The molecule has 1 saturated heterocycles. The molecule has 0 aromatic carbocycles.